The number of hydrogen-bond acceptors (Lipinski definition) is 4. The van der Waals surface area contributed by atoms with Crippen LogP contribution in [0.25, 0.3) is 0 Å². The fourth-order valence-corrected chi connectivity index (χ4v) is 1.88. The van der Waals surface area contributed by atoms with Gasteiger partial charge >= 0.3 is 5.97 Å². The van der Waals surface area contributed by atoms with E-state index >= 15 is 0 Å². The van der Waals surface area contributed by atoms with Crippen molar-refractivity contribution in [3.05, 3.63) is 22.3 Å². The number of pyridine rings is 1. The van der Waals surface area contributed by atoms with Crippen LogP contribution in [0.3, 0.4) is 0 Å². The van der Waals surface area contributed by atoms with E-state index in [9.17, 15) is 9.59 Å². The monoisotopic (exact) mass is 332 g/mol. The zero-order valence-corrected chi connectivity index (χ0v) is 13.9. The number of carbonyl (C=O) groups is 2. The van der Waals surface area contributed by atoms with E-state index in [4.69, 9.17) is 27.9 Å². The minimum atomic E-state index is -0.937. The molecular formula is C14H18Cl2N2O3. The fraction of sp³-hybridized carbons (Fsp3) is 0.500. The zero-order chi connectivity index (χ0) is 16.2. The van der Waals surface area contributed by atoms with Gasteiger partial charge in [-0.1, -0.05) is 44.0 Å². The number of esters is 1. The maximum Gasteiger partial charge on any atom is 0.307 e. The Morgan fingerprint density at radius 2 is 2.00 bits per heavy atom. The first-order valence-corrected chi connectivity index (χ1v) is 7.15. The molecule has 0 aromatic carbocycles. The molecule has 0 saturated carbocycles. The number of halogens is 2. The quantitative estimate of drug-likeness (QED) is 0.853. The molecule has 21 heavy (non-hydrogen) atoms. The summed E-state index contributed by atoms with van der Waals surface area (Å²) in [4.78, 5) is 27.5. The van der Waals surface area contributed by atoms with Crippen LogP contribution in [0.4, 0.5) is 5.82 Å². The van der Waals surface area contributed by atoms with Crippen LogP contribution in [0.2, 0.25) is 10.0 Å². The van der Waals surface area contributed by atoms with Crippen molar-refractivity contribution in [2.45, 2.75) is 40.2 Å². The highest BCUT2D eigenvalue weighted by Crippen LogP contribution is 2.23. The van der Waals surface area contributed by atoms with Gasteiger partial charge in [0.2, 0.25) is 0 Å². The third kappa shape index (κ3) is 6.31. The summed E-state index contributed by atoms with van der Waals surface area (Å²) in [5, 5.41) is 3.06. The summed E-state index contributed by atoms with van der Waals surface area (Å²) < 4.78 is 5.08. The predicted octanol–water partition coefficient (Wildman–Crippen LogP) is 3.69. The predicted molar refractivity (Wildman–Crippen MR) is 82.5 cm³/mol. The van der Waals surface area contributed by atoms with Gasteiger partial charge in [0.25, 0.3) is 5.91 Å². The van der Waals surface area contributed by atoms with E-state index in [2.05, 4.69) is 10.3 Å². The summed E-state index contributed by atoms with van der Waals surface area (Å²) in [6.45, 7) is 7.23. The van der Waals surface area contributed by atoms with Crippen LogP contribution in [-0.2, 0) is 14.3 Å². The highest BCUT2D eigenvalue weighted by atomic mass is 35.5. The Bertz CT molecular complexity index is 542. The second kappa shape index (κ2) is 7.09. The molecule has 1 atom stereocenters. The van der Waals surface area contributed by atoms with E-state index < -0.39 is 18.0 Å². The standard InChI is InChI=1S/C14H18Cl2N2O3/c1-8(21-11(19)6-14(2,3)4)13(20)18-12-10(16)5-9(15)7-17-12/h5,7-8H,6H2,1-4H3,(H,17,18,20)/t8-/m1/s1. The molecule has 1 amide bonds. The first-order valence-electron chi connectivity index (χ1n) is 6.40. The fourth-order valence-electron chi connectivity index (χ4n) is 1.45. The minimum Gasteiger partial charge on any atom is -0.453 e. The maximum absolute atomic E-state index is 11.9. The smallest absolute Gasteiger partial charge is 0.307 e. The average molecular weight is 333 g/mol. The highest BCUT2D eigenvalue weighted by Gasteiger charge is 2.23. The van der Waals surface area contributed by atoms with Crippen LogP contribution >= 0.6 is 23.2 Å². The van der Waals surface area contributed by atoms with Gasteiger partial charge in [-0.25, -0.2) is 4.98 Å². The molecule has 0 unspecified atom stereocenters. The molecule has 1 rings (SSSR count). The van der Waals surface area contributed by atoms with Gasteiger partial charge in [0.1, 0.15) is 0 Å². The molecule has 1 N–H and O–H groups in total. The lowest BCUT2D eigenvalue weighted by atomic mass is 9.92. The Kier molecular flexibility index (Phi) is 5.98. The van der Waals surface area contributed by atoms with Crippen molar-refractivity contribution in [1.82, 2.24) is 4.98 Å². The van der Waals surface area contributed by atoms with Gasteiger partial charge in [-0.05, 0) is 18.4 Å². The third-order valence-corrected chi connectivity index (χ3v) is 2.90. The van der Waals surface area contributed by atoms with Crippen LogP contribution in [0, 0.1) is 5.41 Å². The van der Waals surface area contributed by atoms with Gasteiger partial charge in [-0.3, -0.25) is 9.59 Å². The van der Waals surface area contributed by atoms with Crippen LogP contribution in [0.1, 0.15) is 34.1 Å². The molecule has 0 fully saturated rings. The Morgan fingerprint density at radius 3 is 2.52 bits per heavy atom. The average Bonchev–Trinajstić information content (AvgIpc) is 2.29. The lowest BCUT2D eigenvalue weighted by molar-refractivity contribution is -0.154. The molecule has 1 aromatic heterocycles. The molecule has 0 aliphatic carbocycles. The van der Waals surface area contributed by atoms with Crippen LogP contribution in [0.5, 0.6) is 0 Å². The van der Waals surface area contributed by atoms with Crippen molar-refractivity contribution in [2.75, 3.05) is 5.32 Å². The van der Waals surface area contributed by atoms with Crippen LogP contribution < -0.4 is 5.32 Å². The van der Waals surface area contributed by atoms with Crippen molar-refractivity contribution in [1.29, 1.82) is 0 Å². The number of ether oxygens (including phenoxy) is 1. The molecule has 1 heterocycles. The summed E-state index contributed by atoms with van der Waals surface area (Å²) in [5.41, 5.74) is -0.200. The summed E-state index contributed by atoms with van der Waals surface area (Å²) >= 11 is 11.6. The second-order valence-electron chi connectivity index (χ2n) is 5.84. The first kappa shape index (κ1) is 17.7. The molecular weight excluding hydrogens is 315 g/mol. The summed E-state index contributed by atoms with van der Waals surface area (Å²) in [5.74, 6) is -0.765. The van der Waals surface area contributed by atoms with Gasteiger partial charge in [-0.15, -0.1) is 0 Å². The van der Waals surface area contributed by atoms with Gasteiger partial charge < -0.3 is 10.1 Å². The Balaban J connectivity index is 2.61. The SMILES string of the molecule is C[C@@H](OC(=O)CC(C)(C)C)C(=O)Nc1ncc(Cl)cc1Cl. The van der Waals surface area contributed by atoms with Gasteiger partial charge in [0, 0.05) is 6.20 Å². The van der Waals surface area contributed by atoms with Crippen molar-refractivity contribution in [2.24, 2.45) is 5.41 Å². The minimum absolute atomic E-state index is 0.171. The van der Waals surface area contributed by atoms with Crippen LogP contribution in [0.15, 0.2) is 12.3 Å². The number of nitrogens with one attached hydrogen (secondary N) is 1. The molecule has 0 saturated heterocycles. The van der Waals surface area contributed by atoms with E-state index in [-0.39, 0.29) is 22.7 Å². The number of anilines is 1. The van der Waals surface area contributed by atoms with Crippen molar-refractivity contribution in [3.63, 3.8) is 0 Å². The molecule has 7 heteroatoms. The zero-order valence-electron chi connectivity index (χ0n) is 12.4. The molecule has 0 radical (unpaired) electrons. The number of amides is 1. The lowest BCUT2D eigenvalue weighted by Gasteiger charge is -2.19. The van der Waals surface area contributed by atoms with Crippen LogP contribution in [-0.4, -0.2) is 23.0 Å². The van der Waals surface area contributed by atoms with Crippen molar-refractivity contribution < 1.29 is 14.3 Å². The van der Waals surface area contributed by atoms with E-state index in [1.54, 1.807) is 0 Å². The number of nitrogens with zero attached hydrogens (tertiary/aromatic N) is 1. The molecule has 116 valence electrons. The Morgan fingerprint density at radius 1 is 1.38 bits per heavy atom. The van der Waals surface area contributed by atoms with E-state index in [1.165, 1.54) is 19.2 Å². The van der Waals surface area contributed by atoms with Gasteiger partial charge in [0.05, 0.1) is 16.5 Å². The number of carbonyl (C=O) groups excluding carboxylic acids is 2. The summed E-state index contributed by atoms with van der Waals surface area (Å²) in [6, 6.07) is 1.46. The van der Waals surface area contributed by atoms with E-state index in [0.717, 1.165) is 0 Å². The van der Waals surface area contributed by atoms with Crippen molar-refractivity contribution in [3.8, 4) is 0 Å². The number of hydrogen-bond donors (Lipinski definition) is 1. The molecule has 0 spiro atoms. The van der Waals surface area contributed by atoms with Gasteiger partial charge in [0.15, 0.2) is 11.9 Å². The van der Waals surface area contributed by atoms with E-state index in [1.807, 2.05) is 20.8 Å². The highest BCUT2D eigenvalue weighted by molar-refractivity contribution is 6.36. The first-order chi connectivity index (χ1) is 9.58. The molecule has 1 aromatic rings. The number of aromatic nitrogens is 1. The molecule has 0 aliphatic rings. The third-order valence-electron chi connectivity index (χ3n) is 2.40. The molecule has 5 nitrogen and oxygen atoms in total. The molecule has 0 aliphatic heterocycles. The van der Waals surface area contributed by atoms with Crippen molar-refractivity contribution >= 4 is 40.9 Å². The largest absolute Gasteiger partial charge is 0.453 e. The summed E-state index contributed by atoms with van der Waals surface area (Å²) in [7, 11) is 0. The maximum atomic E-state index is 11.9. The normalized spacial score (nSPS) is 12.7. The Labute approximate surface area is 134 Å². The number of rotatable bonds is 4. The topological polar surface area (TPSA) is 68.3 Å². The Hall–Kier alpha value is -1.33. The van der Waals surface area contributed by atoms with E-state index in [0.29, 0.717) is 5.02 Å². The lowest BCUT2D eigenvalue weighted by Crippen LogP contribution is -2.31. The summed E-state index contributed by atoms with van der Waals surface area (Å²) in [6.07, 6.45) is 0.651. The van der Waals surface area contributed by atoms with Gasteiger partial charge in [-0.2, -0.15) is 0 Å². The molecule has 0 bridgehead atoms. The second-order valence-corrected chi connectivity index (χ2v) is 6.69.